The van der Waals surface area contributed by atoms with Crippen LogP contribution in [0.15, 0.2) is 54.0 Å². The number of hydrogen-bond donors (Lipinski definition) is 5. The quantitative estimate of drug-likeness (QED) is 0.272. The highest BCUT2D eigenvalue weighted by Gasteiger charge is 2.32. The van der Waals surface area contributed by atoms with Crippen LogP contribution >= 0.6 is 11.3 Å². The van der Waals surface area contributed by atoms with Gasteiger partial charge in [0.25, 0.3) is 5.91 Å². The van der Waals surface area contributed by atoms with Crippen LogP contribution in [0, 0.1) is 5.92 Å². The van der Waals surface area contributed by atoms with E-state index in [1.807, 2.05) is 30.3 Å². The topological polar surface area (TPSA) is 179 Å². The van der Waals surface area contributed by atoms with E-state index < -0.39 is 59.6 Å². The minimum atomic E-state index is -1.06. The SMILES string of the molecule is CC(C)[C@H]1NC(=O)[C@@H](NC(=O)c2ccc3ncsc3c2)CCCNC(=O)CN(C)C(=O)[C@H](Cc2ccccc2)NC(=O)[C@@H](C)NC1=O. The molecule has 4 rings (SSSR count). The Balaban J connectivity index is 1.55. The number of nitrogens with one attached hydrogen (secondary N) is 5. The fourth-order valence-electron chi connectivity index (χ4n) is 5.16. The first-order valence-corrected chi connectivity index (χ1v) is 16.4. The third-order valence-corrected chi connectivity index (χ3v) is 8.65. The van der Waals surface area contributed by atoms with Crippen molar-refractivity contribution >= 4 is 57.0 Å². The van der Waals surface area contributed by atoms with Crippen molar-refractivity contribution < 1.29 is 28.8 Å². The Kier molecular flexibility index (Phi) is 12.0. The number of amides is 6. The predicted octanol–water partition coefficient (Wildman–Crippen LogP) is 1.14. The first-order chi connectivity index (χ1) is 22.4. The van der Waals surface area contributed by atoms with Gasteiger partial charge in [0.05, 0.1) is 22.3 Å². The van der Waals surface area contributed by atoms with E-state index in [-0.39, 0.29) is 31.8 Å². The summed E-state index contributed by atoms with van der Waals surface area (Å²) in [6.07, 6.45) is 0.644. The summed E-state index contributed by atoms with van der Waals surface area (Å²) in [5, 5.41) is 13.7. The molecule has 1 aliphatic rings. The van der Waals surface area contributed by atoms with Gasteiger partial charge < -0.3 is 31.5 Å². The van der Waals surface area contributed by atoms with Gasteiger partial charge in [-0.1, -0.05) is 44.2 Å². The van der Waals surface area contributed by atoms with Crippen LogP contribution in [0.3, 0.4) is 0 Å². The zero-order valence-electron chi connectivity index (χ0n) is 26.9. The molecular weight excluding hydrogens is 622 g/mol. The molecule has 14 heteroatoms. The maximum atomic E-state index is 13.6. The molecule has 5 N–H and O–H groups in total. The molecule has 47 heavy (non-hydrogen) atoms. The Morgan fingerprint density at radius 3 is 2.47 bits per heavy atom. The second kappa shape index (κ2) is 16.1. The van der Waals surface area contributed by atoms with Gasteiger partial charge in [-0.15, -0.1) is 11.3 Å². The third kappa shape index (κ3) is 9.58. The highest BCUT2D eigenvalue weighted by molar-refractivity contribution is 7.16. The van der Waals surface area contributed by atoms with Crippen LogP contribution in [-0.4, -0.2) is 89.6 Å². The molecule has 1 aliphatic heterocycles. The largest absolute Gasteiger partial charge is 0.355 e. The van der Waals surface area contributed by atoms with Gasteiger partial charge in [-0.05, 0) is 49.4 Å². The van der Waals surface area contributed by atoms with Crippen LogP contribution in [-0.2, 0) is 30.4 Å². The summed E-state index contributed by atoms with van der Waals surface area (Å²) in [5.74, 6) is -3.52. The van der Waals surface area contributed by atoms with Crippen molar-refractivity contribution in [2.45, 2.75) is 64.2 Å². The Morgan fingerprint density at radius 1 is 1.00 bits per heavy atom. The molecule has 0 spiro atoms. The van der Waals surface area contributed by atoms with E-state index >= 15 is 0 Å². The van der Waals surface area contributed by atoms with E-state index in [1.165, 1.54) is 30.2 Å². The smallest absolute Gasteiger partial charge is 0.251 e. The van der Waals surface area contributed by atoms with Crippen LogP contribution in [0.4, 0.5) is 0 Å². The molecule has 250 valence electrons. The summed E-state index contributed by atoms with van der Waals surface area (Å²) >= 11 is 1.39. The van der Waals surface area contributed by atoms with Gasteiger partial charge in [0.15, 0.2) is 0 Å². The van der Waals surface area contributed by atoms with E-state index in [4.69, 9.17) is 0 Å². The summed E-state index contributed by atoms with van der Waals surface area (Å²) in [4.78, 5) is 85.2. The van der Waals surface area contributed by atoms with Crippen LogP contribution in [0.2, 0.25) is 0 Å². The van der Waals surface area contributed by atoms with Crippen LogP contribution in [0.1, 0.15) is 49.5 Å². The van der Waals surface area contributed by atoms with E-state index in [1.54, 1.807) is 37.6 Å². The van der Waals surface area contributed by atoms with Gasteiger partial charge in [0, 0.05) is 25.6 Å². The average Bonchev–Trinajstić information content (AvgIpc) is 3.52. The molecule has 1 aromatic heterocycles. The molecule has 0 aliphatic carbocycles. The third-order valence-electron chi connectivity index (χ3n) is 7.86. The first kappa shape index (κ1) is 35.0. The highest BCUT2D eigenvalue weighted by Crippen LogP contribution is 2.19. The van der Waals surface area contributed by atoms with Crippen molar-refractivity contribution in [2.75, 3.05) is 20.1 Å². The van der Waals surface area contributed by atoms with Crippen molar-refractivity contribution in [3.8, 4) is 0 Å². The summed E-state index contributed by atoms with van der Waals surface area (Å²) in [6, 6.07) is 10.1. The van der Waals surface area contributed by atoms with Crippen LogP contribution in [0.25, 0.3) is 10.2 Å². The zero-order valence-corrected chi connectivity index (χ0v) is 27.7. The molecule has 6 amide bonds. The zero-order chi connectivity index (χ0) is 34.1. The summed E-state index contributed by atoms with van der Waals surface area (Å²) in [6.45, 7) is 4.89. The summed E-state index contributed by atoms with van der Waals surface area (Å²) in [7, 11) is 1.47. The maximum absolute atomic E-state index is 13.6. The lowest BCUT2D eigenvalue weighted by molar-refractivity contribution is -0.139. The Bertz CT molecular complexity index is 1610. The second-order valence-electron chi connectivity index (χ2n) is 12.0. The number of rotatable bonds is 5. The van der Waals surface area contributed by atoms with E-state index in [2.05, 4.69) is 31.6 Å². The summed E-state index contributed by atoms with van der Waals surface area (Å²) < 4.78 is 0.819. The molecule has 3 aromatic rings. The number of hydrogen-bond acceptors (Lipinski definition) is 8. The molecule has 1 saturated heterocycles. The van der Waals surface area contributed by atoms with Crippen molar-refractivity contribution in [1.82, 2.24) is 36.5 Å². The Morgan fingerprint density at radius 2 is 1.74 bits per heavy atom. The number of nitrogens with zero attached hydrogens (tertiary/aromatic N) is 2. The molecule has 2 aromatic carbocycles. The Hall–Kier alpha value is -4.85. The van der Waals surface area contributed by atoms with Crippen LogP contribution in [0.5, 0.6) is 0 Å². The molecule has 2 heterocycles. The number of aromatic nitrogens is 1. The van der Waals surface area contributed by atoms with Gasteiger partial charge in [-0.2, -0.15) is 0 Å². The maximum Gasteiger partial charge on any atom is 0.251 e. The molecule has 0 unspecified atom stereocenters. The lowest BCUT2D eigenvalue weighted by Gasteiger charge is -2.28. The minimum absolute atomic E-state index is 0.153. The van der Waals surface area contributed by atoms with Gasteiger partial charge in [-0.3, -0.25) is 28.8 Å². The Labute approximate surface area is 277 Å². The number of thiazole rings is 1. The van der Waals surface area contributed by atoms with Crippen molar-refractivity contribution in [2.24, 2.45) is 5.92 Å². The standard InChI is InChI=1S/C33H41N7O6S/c1-19(2)28-32(45)36-20(3)29(42)38-25(15-21-9-6-5-7-10-21)33(46)40(4)17-27(41)34-14-8-11-24(31(44)39-28)37-30(43)22-12-13-23-26(16-22)47-18-35-23/h5-7,9-10,12-13,16,18-20,24-25,28H,8,11,14-15,17H2,1-4H3,(H,34,41)(H,36,45)(H,37,43)(H,38,42)(H,39,44)/t20-,24+,25+,28-/m1/s1. The molecular formula is C33H41N7O6S. The predicted molar refractivity (Wildman–Crippen MR) is 177 cm³/mol. The van der Waals surface area contributed by atoms with Gasteiger partial charge in [0.2, 0.25) is 29.5 Å². The van der Waals surface area contributed by atoms with Crippen molar-refractivity contribution in [3.05, 3.63) is 65.2 Å². The van der Waals surface area contributed by atoms with Crippen molar-refractivity contribution in [1.29, 1.82) is 0 Å². The van der Waals surface area contributed by atoms with E-state index in [9.17, 15) is 28.8 Å². The number of likely N-dealkylation sites (N-methyl/N-ethyl adjacent to an activating group) is 1. The van der Waals surface area contributed by atoms with Crippen LogP contribution < -0.4 is 26.6 Å². The monoisotopic (exact) mass is 663 g/mol. The van der Waals surface area contributed by atoms with E-state index in [0.717, 1.165) is 15.8 Å². The molecule has 13 nitrogen and oxygen atoms in total. The highest BCUT2D eigenvalue weighted by atomic mass is 32.1. The van der Waals surface area contributed by atoms with Gasteiger partial charge in [-0.25, -0.2) is 4.98 Å². The fourth-order valence-corrected chi connectivity index (χ4v) is 5.88. The second-order valence-corrected chi connectivity index (χ2v) is 12.8. The van der Waals surface area contributed by atoms with Gasteiger partial charge in [0.1, 0.15) is 24.2 Å². The minimum Gasteiger partial charge on any atom is -0.355 e. The van der Waals surface area contributed by atoms with Gasteiger partial charge >= 0.3 is 0 Å². The molecule has 0 bridgehead atoms. The number of fused-ring (bicyclic) bond motifs is 1. The fraction of sp³-hybridized carbons (Fsp3) is 0.424. The summed E-state index contributed by atoms with van der Waals surface area (Å²) in [5.41, 5.74) is 3.58. The normalized spacial score (nSPS) is 22.5. The molecule has 0 radical (unpaired) electrons. The average molecular weight is 664 g/mol. The van der Waals surface area contributed by atoms with Crippen molar-refractivity contribution in [3.63, 3.8) is 0 Å². The molecule has 1 fully saturated rings. The number of carbonyl (C=O) groups excluding carboxylic acids is 6. The number of carbonyl (C=O) groups is 6. The van der Waals surface area contributed by atoms with E-state index in [0.29, 0.717) is 12.0 Å². The lowest BCUT2D eigenvalue weighted by atomic mass is 10.0. The lowest BCUT2D eigenvalue weighted by Crippen LogP contribution is -2.59. The first-order valence-electron chi connectivity index (χ1n) is 15.5. The number of benzene rings is 2. The molecule has 0 saturated carbocycles. The molecule has 4 atom stereocenters.